The third kappa shape index (κ3) is 5.21. The highest BCUT2D eigenvalue weighted by Gasteiger charge is 2.15. The first-order valence-corrected chi connectivity index (χ1v) is 9.56. The minimum absolute atomic E-state index is 0.00841. The maximum atomic E-state index is 12.4. The number of aromatic nitrogens is 1. The highest BCUT2D eigenvalue weighted by molar-refractivity contribution is 7.09. The fraction of sp³-hybridized carbons (Fsp3) is 0.526. The van der Waals surface area contributed by atoms with Crippen molar-refractivity contribution in [1.29, 1.82) is 0 Å². The number of nitrogens with zero attached hydrogens (tertiary/aromatic N) is 1. The van der Waals surface area contributed by atoms with Gasteiger partial charge in [0.15, 0.2) is 0 Å². The van der Waals surface area contributed by atoms with E-state index >= 15 is 0 Å². The molecule has 1 amide bonds. The van der Waals surface area contributed by atoms with E-state index in [9.17, 15) is 4.79 Å². The Morgan fingerprint density at radius 3 is 2.79 bits per heavy atom. The maximum Gasteiger partial charge on any atom is 0.253 e. The zero-order valence-corrected chi connectivity index (χ0v) is 15.7. The van der Waals surface area contributed by atoms with Crippen molar-refractivity contribution in [2.45, 2.75) is 46.6 Å². The molecular formula is C19H28N2O2S. The molecule has 0 aliphatic heterocycles. The van der Waals surface area contributed by atoms with Crippen molar-refractivity contribution < 1.29 is 9.53 Å². The summed E-state index contributed by atoms with van der Waals surface area (Å²) in [6, 6.07) is 6.17. The van der Waals surface area contributed by atoms with Gasteiger partial charge in [-0.25, -0.2) is 0 Å². The highest BCUT2D eigenvalue weighted by atomic mass is 32.1. The lowest BCUT2D eigenvalue weighted by Gasteiger charge is -2.09. The molecule has 2 heterocycles. The molecule has 0 spiro atoms. The summed E-state index contributed by atoms with van der Waals surface area (Å²) in [5.41, 5.74) is 2.92. The first-order chi connectivity index (χ1) is 11.6. The molecule has 4 nitrogen and oxygen atoms in total. The van der Waals surface area contributed by atoms with E-state index in [1.165, 1.54) is 4.88 Å². The molecule has 24 heavy (non-hydrogen) atoms. The van der Waals surface area contributed by atoms with Crippen molar-refractivity contribution in [3.05, 3.63) is 45.4 Å². The second-order valence-electron chi connectivity index (χ2n) is 6.03. The molecule has 0 aliphatic rings. The number of unbranched alkanes of at least 4 members (excludes halogenated alkanes) is 1. The Bertz CT molecular complexity index is 632. The number of hydrogen-bond acceptors (Lipinski definition) is 3. The van der Waals surface area contributed by atoms with Crippen LogP contribution < -0.4 is 5.32 Å². The van der Waals surface area contributed by atoms with Crippen LogP contribution in [0.4, 0.5) is 0 Å². The van der Waals surface area contributed by atoms with Crippen LogP contribution in [0.1, 0.15) is 52.8 Å². The first-order valence-electron chi connectivity index (χ1n) is 8.68. The number of carbonyl (C=O) groups is 1. The molecule has 0 saturated carbocycles. The molecule has 0 aromatic carbocycles. The average molecular weight is 349 g/mol. The molecule has 2 rings (SSSR count). The number of thiophene rings is 1. The predicted molar refractivity (Wildman–Crippen MR) is 100 cm³/mol. The van der Waals surface area contributed by atoms with Gasteiger partial charge in [-0.05, 0) is 44.2 Å². The molecule has 0 unspecified atom stereocenters. The molecule has 0 aliphatic carbocycles. The van der Waals surface area contributed by atoms with Crippen molar-refractivity contribution in [3.8, 4) is 0 Å². The molecular weight excluding hydrogens is 320 g/mol. The van der Waals surface area contributed by atoms with Crippen molar-refractivity contribution >= 4 is 17.2 Å². The summed E-state index contributed by atoms with van der Waals surface area (Å²) in [6.07, 6.45) is 3.10. The summed E-state index contributed by atoms with van der Waals surface area (Å²) >= 11 is 1.74. The Hall–Kier alpha value is -1.59. The molecule has 0 bridgehead atoms. The smallest absolute Gasteiger partial charge is 0.253 e. The number of amides is 1. The zero-order valence-electron chi connectivity index (χ0n) is 14.9. The Balaban J connectivity index is 1.84. The number of aryl methyl sites for hydroxylation is 1. The van der Waals surface area contributed by atoms with Crippen LogP contribution >= 0.6 is 11.3 Å². The van der Waals surface area contributed by atoms with E-state index in [-0.39, 0.29) is 5.91 Å². The van der Waals surface area contributed by atoms with Gasteiger partial charge in [-0.2, -0.15) is 0 Å². The summed E-state index contributed by atoms with van der Waals surface area (Å²) in [4.78, 5) is 13.7. The quantitative estimate of drug-likeness (QED) is 0.656. The normalized spacial score (nSPS) is 11.0. The second-order valence-corrected chi connectivity index (χ2v) is 7.06. The molecule has 1 N–H and O–H groups in total. The van der Waals surface area contributed by atoms with Crippen LogP contribution in [0.25, 0.3) is 0 Å². The number of rotatable bonds is 10. The molecule has 2 aromatic heterocycles. The summed E-state index contributed by atoms with van der Waals surface area (Å²) in [7, 11) is 0. The summed E-state index contributed by atoms with van der Waals surface area (Å²) in [5, 5.41) is 5.08. The van der Waals surface area contributed by atoms with Gasteiger partial charge >= 0.3 is 0 Å². The SMILES string of the molecule is CCCCOCCCNC(=O)c1cc(C)n(Cc2cccs2)c1C. The predicted octanol–water partition coefficient (Wildman–Crippen LogP) is 4.15. The van der Waals surface area contributed by atoms with Crippen molar-refractivity contribution in [3.63, 3.8) is 0 Å². The Labute approximate surface area is 148 Å². The van der Waals surface area contributed by atoms with Gasteiger partial charge in [0.2, 0.25) is 0 Å². The van der Waals surface area contributed by atoms with E-state index in [4.69, 9.17) is 4.74 Å². The highest BCUT2D eigenvalue weighted by Crippen LogP contribution is 2.19. The average Bonchev–Trinajstić information content (AvgIpc) is 3.17. The van der Waals surface area contributed by atoms with Crippen LogP contribution in [0.2, 0.25) is 0 Å². The largest absolute Gasteiger partial charge is 0.381 e. The molecule has 0 fully saturated rings. The van der Waals surface area contributed by atoms with Crippen LogP contribution in [-0.2, 0) is 11.3 Å². The van der Waals surface area contributed by atoms with E-state index in [1.54, 1.807) is 11.3 Å². The molecule has 0 saturated heterocycles. The standard InChI is InChI=1S/C19H28N2O2S/c1-4-5-10-23-11-7-9-20-19(22)18-13-15(2)21(16(18)3)14-17-8-6-12-24-17/h6,8,12-13H,4-5,7,9-11,14H2,1-3H3,(H,20,22). The van der Waals surface area contributed by atoms with Gasteiger partial charge in [0.25, 0.3) is 5.91 Å². The molecule has 0 atom stereocenters. The van der Waals surface area contributed by atoms with Crippen LogP contribution in [0.15, 0.2) is 23.6 Å². The Morgan fingerprint density at radius 1 is 1.29 bits per heavy atom. The van der Waals surface area contributed by atoms with Gasteiger partial charge in [0, 0.05) is 36.0 Å². The zero-order chi connectivity index (χ0) is 17.4. The van der Waals surface area contributed by atoms with E-state index in [0.29, 0.717) is 13.2 Å². The second kappa shape index (κ2) is 9.64. The van der Waals surface area contributed by atoms with Gasteiger partial charge < -0.3 is 14.6 Å². The number of ether oxygens (including phenoxy) is 1. The maximum absolute atomic E-state index is 12.4. The van der Waals surface area contributed by atoms with Crippen LogP contribution in [0.3, 0.4) is 0 Å². The van der Waals surface area contributed by atoms with Crippen LogP contribution in [-0.4, -0.2) is 30.2 Å². The number of nitrogens with one attached hydrogen (secondary N) is 1. The Morgan fingerprint density at radius 2 is 2.08 bits per heavy atom. The van der Waals surface area contributed by atoms with E-state index in [2.05, 4.69) is 41.2 Å². The van der Waals surface area contributed by atoms with E-state index in [0.717, 1.165) is 49.4 Å². The van der Waals surface area contributed by atoms with Gasteiger partial charge in [-0.15, -0.1) is 11.3 Å². The lowest BCUT2D eigenvalue weighted by molar-refractivity contribution is 0.0939. The summed E-state index contributed by atoms with van der Waals surface area (Å²) < 4.78 is 7.72. The van der Waals surface area contributed by atoms with E-state index in [1.807, 2.05) is 13.0 Å². The molecule has 132 valence electrons. The fourth-order valence-electron chi connectivity index (χ4n) is 2.65. The molecule has 5 heteroatoms. The minimum Gasteiger partial charge on any atom is -0.381 e. The van der Waals surface area contributed by atoms with Gasteiger partial charge in [0.05, 0.1) is 12.1 Å². The lowest BCUT2D eigenvalue weighted by atomic mass is 10.2. The van der Waals surface area contributed by atoms with Crippen molar-refractivity contribution in [2.75, 3.05) is 19.8 Å². The van der Waals surface area contributed by atoms with Crippen LogP contribution in [0.5, 0.6) is 0 Å². The van der Waals surface area contributed by atoms with Gasteiger partial charge in [-0.1, -0.05) is 19.4 Å². The topological polar surface area (TPSA) is 43.3 Å². The van der Waals surface area contributed by atoms with Crippen molar-refractivity contribution in [1.82, 2.24) is 9.88 Å². The fourth-order valence-corrected chi connectivity index (χ4v) is 3.35. The number of hydrogen-bond donors (Lipinski definition) is 1. The van der Waals surface area contributed by atoms with E-state index < -0.39 is 0 Å². The molecule has 2 aromatic rings. The van der Waals surface area contributed by atoms with Gasteiger partial charge in [0.1, 0.15) is 0 Å². The Kier molecular flexibility index (Phi) is 7.53. The third-order valence-corrected chi connectivity index (χ3v) is 4.97. The van der Waals surface area contributed by atoms with Crippen LogP contribution in [0, 0.1) is 13.8 Å². The first kappa shape index (κ1) is 18.7. The number of carbonyl (C=O) groups excluding carboxylic acids is 1. The summed E-state index contributed by atoms with van der Waals surface area (Å²) in [5.74, 6) is 0.00841. The monoisotopic (exact) mass is 348 g/mol. The lowest BCUT2D eigenvalue weighted by Crippen LogP contribution is -2.25. The third-order valence-electron chi connectivity index (χ3n) is 4.11. The molecule has 0 radical (unpaired) electrons. The van der Waals surface area contributed by atoms with Crippen molar-refractivity contribution in [2.24, 2.45) is 0 Å². The minimum atomic E-state index is 0.00841. The van der Waals surface area contributed by atoms with Gasteiger partial charge in [-0.3, -0.25) is 4.79 Å². The summed E-state index contributed by atoms with van der Waals surface area (Å²) in [6.45, 7) is 9.22.